The van der Waals surface area contributed by atoms with Crippen LogP contribution >= 0.6 is 11.6 Å². The number of nitrogens with one attached hydrogen (secondary N) is 1. The van der Waals surface area contributed by atoms with E-state index in [2.05, 4.69) is 10.4 Å². The van der Waals surface area contributed by atoms with Gasteiger partial charge in [0.15, 0.2) is 0 Å². The van der Waals surface area contributed by atoms with E-state index in [0.717, 1.165) is 43.6 Å². The number of aliphatic hydroxyl groups excluding tert-OH is 1. The van der Waals surface area contributed by atoms with Crippen molar-refractivity contribution in [3.8, 4) is 0 Å². The fraction of sp³-hybridized carbons (Fsp3) is 0.600. The van der Waals surface area contributed by atoms with Gasteiger partial charge in [0.1, 0.15) is 11.5 Å². The predicted molar refractivity (Wildman–Crippen MR) is 99.9 cm³/mol. The second-order valence-corrected chi connectivity index (χ2v) is 8.78. The Kier molecular flexibility index (Phi) is 4.28. The van der Waals surface area contributed by atoms with E-state index >= 15 is 0 Å². The SMILES string of the molecule is O=C(N[C@@H]1CC(Cn2cc(Cl)cn2)C[C@H]1O)c1cc(C2CC2)oc1C1CC1. The van der Waals surface area contributed by atoms with Gasteiger partial charge in [0.25, 0.3) is 5.91 Å². The van der Waals surface area contributed by atoms with Crippen LogP contribution in [0.1, 0.15) is 72.2 Å². The summed E-state index contributed by atoms with van der Waals surface area (Å²) in [6.45, 7) is 0.695. The molecule has 2 aromatic rings. The average molecular weight is 390 g/mol. The number of hydrogen-bond acceptors (Lipinski definition) is 4. The molecule has 0 aliphatic heterocycles. The van der Waals surface area contributed by atoms with Gasteiger partial charge in [-0.25, -0.2) is 0 Å². The minimum absolute atomic E-state index is 0.112. The lowest BCUT2D eigenvalue weighted by Gasteiger charge is -2.16. The number of nitrogens with zero attached hydrogens (tertiary/aromatic N) is 2. The number of hydrogen-bond donors (Lipinski definition) is 2. The summed E-state index contributed by atoms with van der Waals surface area (Å²) in [6.07, 6.45) is 8.74. The molecule has 2 aromatic heterocycles. The molecule has 0 spiro atoms. The summed E-state index contributed by atoms with van der Waals surface area (Å²) in [7, 11) is 0. The highest BCUT2D eigenvalue weighted by molar-refractivity contribution is 6.30. The van der Waals surface area contributed by atoms with Crippen molar-refractivity contribution < 1.29 is 14.3 Å². The van der Waals surface area contributed by atoms with Gasteiger partial charge in [-0.2, -0.15) is 5.10 Å². The number of rotatable bonds is 6. The van der Waals surface area contributed by atoms with E-state index in [9.17, 15) is 9.90 Å². The number of aromatic nitrogens is 2. The minimum Gasteiger partial charge on any atom is -0.465 e. The zero-order valence-corrected chi connectivity index (χ0v) is 15.9. The second kappa shape index (κ2) is 6.67. The molecule has 0 bridgehead atoms. The summed E-state index contributed by atoms with van der Waals surface area (Å²) < 4.78 is 7.83. The van der Waals surface area contributed by atoms with E-state index in [-0.39, 0.29) is 17.9 Å². The standard InChI is InChI=1S/C20H24ClN3O3/c21-14-8-22-24(10-14)9-11-5-16(17(25)6-11)23-20(26)15-7-18(12-1-2-12)27-19(15)13-3-4-13/h7-8,10-13,16-17,25H,1-6,9H2,(H,23,26)/t11?,16-,17-/m1/s1. The van der Waals surface area contributed by atoms with E-state index in [0.29, 0.717) is 35.4 Å². The van der Waals surface area contributed by atoms with Crippen LogP contribution in [0.3, 0.4) is 0 Å². The van der Waals surface area contributed by atoms with E-state index < -0.39 is 6.10 Å². The third-order valence-electron chi connectivity index (χ3n) is 5.94. The van der Waals surface area contributed by atoms with Crippen LogP contribution in [0, 0.1) is 5.92 Å². The highest BCUT2D eigenvalue weighted by Crippen LogP contribution is 2.47. The van der Waals surface area contributed by atoms with Crippen LogP contribution < -0.4 is 5.32 Å². The first-order valence-corrected chi connectivity index (χ1v) is 10.2. The van der Waals surface area contributed by atoms with Crippen LogP contribution in [0.4, 0.5) is 0 Å². The molecule has 3 aliphatic carbocycles. The minimum atomic E-state index is -0.538. The number of carbonyl (C=O) groups excluding carboxylic acids is 1. The molecule has 3 aliphatic rings. The van der Waals surface area contributed by atoms with Gasteiger partial charge in [-0.15, -0.1) is 0 Å². The van der Waals surface area contributed by atoms with Crippen LogP contribution in [0.15, 0.2) is 22.9 Å². The van der Waals surface area contributed by atoms with Crippen molar-refractivity contribution in [3.05, 3.63) is 40.6 Å². The predicted octanol–water partition coefficient (Wildman–Crippen LogP) is 3.45. The maximum absolute atomic E-state index is 12.9. The van der Waals surface area contributed by atoms with Gasteiger partial charge in [-0.05, 0) is 50.5 Å². The molecule has 3 atom stereocenters. The smallest absolute Gasteiger partial charge is 0.255 e. The maximum Gasteiger partial charge on any atom is 0.255 e. The Hall–Kier alpha value is -1.79. The quantitative estimate of drug-likeness (QED) is 0.792. The van der Waals surface area contributed by atoms with Gasteiger partial charge < -0.3 is 14.8 Å². The van der Waals surface area contributed by atoms with Gasteiger partial charge in [0, 0.05) is 24.6 Å². The third-order valence-corrected chi connectivity index (χ3v) is 6.14. The van der Waals surface area contributed by atoms with Crippen molar-refractivity contribution in [2.45, 2.75) is 69.1 Å². The van der Waals surface area contributed by atoms with E-state index in [1.807, 2.05) is 6.07 Å². The van der Waals surface area contributed by atoms with Crippen molar-refractivity contribution in [2.75, 3.05) is 0 Å². The third kappa shape index (κ3) is 3.65. The molecule has 1 unspecified atom stereocenters. The summed E-state index contributed by atoms with van der Waals surface area (Å²) in [6, 6.07) is 1.70. The highest BCUT2D eigenvalue weighted by Gasteiger charge is 2.38. The molecule has 2 heterocycles. The van der Waals surface area contributed by atoms with Crippen LogP contribution in [0.5, 0.6) is 0 Å². The Bertz CT molecular complexity index is 853. The zero-order valence-electron chi connectivity index (χ0n) is 15.1. The summed E-state index contributed by atoms with van der Waals surface area (Å²) in [5.74, 6) is 2.84. The molecule has 1 amide bonds. The fourth-order valence-electron chi connectivity index (χ4n) is 4.19. The largest absolute Gasteiger partial charge is 0.465 e. The highest BCUT2D eigenvalue weighted by atomic mass is 35.5. The second-order valence-electron chi connectivity index (χ2n) is 8.34. The lowest BCUT2D eigenvalue weighted by atomic mass is 10.1. The molecule has 3 fully saturated rings. The fourth-order valence-corrected chi connectivity index (χ4v) is 4.35. The Morgan fingerprint density at radius 2 is 2.07 bits per heavy atom. The molecule has 0 saturated heterocycles. The van der Waals surface area contributed by atoms with Gasteiger partial charge in [0.2, 0.25) is 0 Å². The maximum atomic E-state index is 12.9. The summed E-state index contributed by atoms with van der Waals surface area (Å²) in [5, 5.41) is 18.3. The van der Waals surface area contributed by atoms with E-state index in [1.165, 1.54) is 0 Å². The van der Waals surface area contributed by atoms with Crippen molar-refractivity contribution in [1.29, 1.82) is 0 Å². The number of furan rings is 1. The first-order chi connectivity index (χ1) is 13.1. The first-order valence-electron chi connectivity index (χ1n) is 9.87. The van der Waals surface area contributed by atoms with Gasteiger partial charge in [-0.1, -0.05) is 11.6 Å². The molecule has 5 rings (SSSR count). The van der Waals surface area contributed by atoms with Crippen molar-refractivity contribution in [3.63, 3.8) is 0 Å². The molecule has 144 valence electrons. The summed E-state index contributed by atoms with van der Waals surface area (Å²) in [5.41, 5.74) is 0.675. The van der Waals surface area contributed by atoms with Crippen molar-refractivity contribution in [1.82, 2.24) is 15.1 Å². The van der Waals surface area contributed by atoms with Gasteiger partial charge in [-0.3, -0.25) is 9.48 Å². The van der Waals surface area contributed by atoms with Crippen LogP contribution in [-0.2, 0) is 6.54 Å². The number of amides is 1. The molecular formula is C20H24ClN3O3. The number of aliphatic hydroxyl groups is 1. The molecular weight excluding hydrogens is 366 g/mol. The van der Waals surface area contributed by atoms with Crippen molar-refractivity contribution >= 4 is 17.5 Å². The lowest BCUT2D eigenvalue weighted by Crippen LogP contribution is -2.40. The molecule has 27 heavy (non-hydrogen) atoms. The summed E-state index contributed by atoms with van der Waals surface area (Å²) in [4.78, 5) is 12.9. The average Bonchev–Trinajstić information content (AvgIpc) is 3.55. The molecule has 0 radical (unpaired) electrons. The molecule has 3 saturated carbocycles. The monoisotopic (exact) mass is 389 g/mol. The summed E-state index contributed by atoms with van der Waals surface area (Å²) >= 11 is 5.92. The zero-order chi connectivity index (χ0) is 18.5. The van der Waals surface area contributed by atoms with Gasteiger partial charge in [0.05, 0.1) is 28.9 Å². The van der Waals surface area contributed by atoms with Crippen LogP contribution in [0.2, 0.25) is 5.02 Å². The van der Waals surface area contributed by atoms with Gasteiger partial charge >= 0.3 is 0 Å². The Morgan fingerprint density at radius 3 is 2.74 bits per heavy atom. The van der Waals surface area contributed by atoms with E-state index in [1.54, 1.807) is 17.1 Å². The first kappa shape index (κ1) is 17.3. The van der Waals surface area contributed by atoms with E-state index in [4.69, 9.17) is 16.0 Å². The Morgan fingerprint density at radius 1 is 1.30 bits per heavy atom. The van der Waals surface area contributed by atoms with Crippen LogP contribution in [-0.4, -0.2) is 32.9 Å². The lowest BCUT2D eigenvalue weighted by molar-refractivity contribution is 0.0870. The molecule has 2 N–H and O–H groups in total. The normalized spacial score (nSPS) is 27.9. The Labute approximate surface area is 162 Å². The van der Waals surface area contributed by atoms with Crippen LogP contribution in [0.25, 0.3) is 0 Å². The molecule has 0 aromatic carbocycles. The Balaban J connectivity index is 1.25. The number of carbonyl (C=O) groups is 1. The molecule has 7 heteroatoms. The molecule has 6 nitrogen and oxygen atoms in total. The van der Waals surface area contributed by atoms with Crippen molar-refractivity contribution in [2.24, 2.45) is 5.92 Å². The topological polar surface area (TPSA) is 80.3 Å². The number of halogens is 1.